The summed E-state index contributed by atoms with van der Waals surface area (Å²) in [5, 5.41) is 3.08. The third-order valence-corrected chi connectivity index (χ3v) is 7.58. The van der Waals surface area contributed by atoms with Crippen molar-refractivity contribution in [2.75, 3.05) is 5.73 Å². The zero-order chi connectivity index (χ0) is 20.9. The van der Waals surface area contributed by atoms with E-state index in [1.165, 1.54) is 48.3 Å². The summed E-state index contributed by atoms with van der Waals surface area (Å²) >= 11 is 1.43. The number of thiophene rings is 1. The van der Waals surface area contributed by atoms with Gasteiger partial charge in [-0.1, -0.05) is 49.2 Å². The normalized spacial score (nSPS) is 14.6. The Bertz CT molecular complexity index is 1420. The van der Waals surface area contributed by atoms with E-state index in [2.05, 4.69) is 18.2 Å². The highest BCUT2D eigenvalue weighted by Gasteiger charge is 2.24. The van der Waals surface area contributed by atoms with Crippen molar-refractivity contribution in [3.05, 3.63) is 70.7 Å². The topological polar surface area (TPSA) is 60.9 Å². The molecule has 0 fully saturated rings. The molecule has 1 aliphatic rings. The van der Waals surface area contributed by atoms with E-state index in [1.54, 1.807) is 0 Å². The molecule has 3 aromatic heterocycles. The van der Waals surface area contributed by atoms with E-state index < -0.39 is 0 Å². The lowest BCUT2D eigenvalue weighted by Gasteiger charge is -2.12. The summed E-state index contributed by atoms with van der Waals surface area (Å²) in [4.78, 5) is 20.2. The molecule has 0 radical (unpaired) electrons. The first-order chi connectivity index (χ1) is 15.2. The monoisotopic (exact) mass is 425 g/mol. The predicted octanol–water partition coefficient (Wildman–Crippen LogP) is 6.33. The van der Waals surface area contributed by atoms with Gasteiger partial charge in [0, 0.05) is 21.9 Å². The van der Waals surface area contributed by atoms with Crippen LogP contribution in [0.5, 0.6) is 0 Å². The number of pyridine rings is 1. The lowest BCUT2D eigenvalue weighted by molar-refractivity contribution is 0.0974. The van der Waals surface area contributed by atoms with Gasteiger partial charge in [0.15, 0.2) is 0 Å². The average molecular weight is 426 g/mol. The third-order valence-electron chi connectivity index (χ3n) is 6.48. The Balaban J connectivity index is 1.55. The maximum Gasteiger partial charge on any atom is 0.275 e. The summed E-state index contributed by atoms with van der Waals surface area (Å²) in [6, 6.07) is 18.3. The molecule has 5 heteroatoms. The van der Waals surface area contributed by atoms with Crippen LogP contribution in [0.25, 0.3) is 32.0 Å². The second-order valence-electron chi connectivity index (χ2n) is 8.38. The Morgan fingerprint density at radius 3 is 2.23 bits per heavy atom. The predicted molar refractivity (Wildman–Crippen MR) is 129 cm³/mol. The molecule has 0 spiro atoms. The molecular weight excluding hydrogens is 402 g/mol. The summed E-state index contributed by atoms with van der Waals surface area (Å²) in [6.07, 6.45) is 6.97. The van der Waals surface area contributed by atoms with Crippen molar-refractivity contribution in [2.45, 2.75) is 38.5 Å². The zero-order valence-electron chi connectivity index (χ0n) is 17.2. The fourth-order valence-corrected chi connectivity index (χ4v) is 5.94. The van der Waals surface area contributed by atoms with E-state index in [1.807, 2.05) is 41.0 Å². The molecular formula is C26H23N3OS. The van der Waals surface area contributed by atoms with Gasteiger partial charge in [-0.3, -0.25) is 9.36 Å². The SMILES string of the molecule is Nc1c(C(=O)n2c3ccccc3c3ccccc32)sc2nc3c(cc12)CCCCCC3. The van der Waals surface area contributed by atoms with E-state index in [9.17, 15) is 4.79 Å². The van der Waals surface area contributed by atoms with E-state index in [4.69, 9.17) is 10.7 Å². The van der Waals surface area contributed by atoms with Gasteiger partial charge in [0.05, 0.1) is 16.7 Å². The van der Waals surface area contributed by atoms with Crippen molar-refractivity contribution >= 4 is 55.0 Å². The number of carbonyl (C=O) groups excluding carboxylic acids is 1. The summed E-state index contributed by atoms with van der Waals surface area (Å²) in [5.74, 6) is -0.0784. The average Bonchev–Trinajstić information content (AvgIpc) is 3.28. The molecule has 1 aliphatic carbocycles. The molecule has 0 amide bonds. The molecule has 0 atom stereocenters. The lowest BCUT2D eigenvalue weighted by atomic mass is 9.96. The van der Waals surface area contributed by atoms with Crippen molar-refractivity contribution in [1.29, 1.82) is 0 Å². The number of rotatable bonds is 1. The largest absolute Gasteiger partial charge is 0.397 e. The molecule has 31 heavy (non-hydrogen) atoms. The van der Waals surface area contributed by atoms with Crippen LogP contribution in [0.3, 0.4) is 0 Å². The Labute approximate surface area is 184 Å². The number of fused-ring (bicyclic) bond motifs is 5. The molecule has 4 nitrogen and oxygen atoms in total. The van der Waals surface area contributed by atoms with Gasteiger partial charge in [0.25, 0.3) is 5.91 Å². The molecule has 2 aromatic carbocycles. The number of nitrogens with two attached hydrogens (primary N) is 1. The molecule has 3 heterocycles. The molecule has 0 aliphatic heterocycles. The second kappa shape index (κ2) is 7.20. The first kappa shape index (κ1) is 18.6. The van der Waals surface area contributed by atoms with Gasteiger partial charge in [-0.25, -0.2) is 4.98 Å². The molecule has 0 unspecified atom stereocenters. The number of para-hydroxylation sites is 2. The van der Waals surface area contributed by atoms with Crippen molar-refractivity contribution in [1.82, 2.24) is 9.55 Å². The number of carbonyl (C=O) groups is 1. The van der Waals surface area contributed by atoms with Crippen LogP contribution in [0.4, 0.5) is 5.69 Å². The van der Waals surface area contributed by atoms with E-state index in [-0.39, 0.29) is 5.91 Å². The quantitative estimate of drug-likeness (QED) is 0.341. The number of aryl methyl sites for hydroxylation is 2. The van der Waals surface area contributed by atoms with Crippen molar-refractivity contribution in [2.24, 2.45) is 0 Å². The highest BCUT2D eigenvalue weighted by molar-refractivity contribution is 7.21. The van der Waals surface area contributed by atoms with Gasteiger partial charge in [-0.05, 0) is 49.4 Å². The highest BCUT2D eigenvalue weighted by Crippen LogP contribution is 2.37. The Kier molecular flexibility index (Phi) is 4.32. The van der Waals surface area contributed by atoms with Crippen LogP contribution >= 0.6 is 11.3 Å². The molecule has 0 bridgehead atoms. The summed E-state index contributed by atoms with van der Waals surface area (Å²) in [6.45, 7) is 0. The minimum absolute atomic E-state index is 0.0784. The van der Waals surface area contributed by atoms with Crippen molar-refractivity contribution in [3.8, 4) is 0 Å². The van der Waals surface area contributed by atoms with E-state index in [0.717, 1.165) is 44.9 Å². The molecule has 6 rings (SSSR count). The van der Waals surface area contributed by atoms with E-state index >= 15 is 0 Å². The number of aromatic nitrogens is 2. The number of nitrogen functional groups attached to an aromatic ring is 1. The number of hydrogen-bond donors (Lipinski definition) is 1. The maximum absolute atomic E-state index is 13.8. The Hall–Kier alpha value is -3.18. The number of benzene rings is 2. The first-order valence-corrected chi connectivity index (χ1v) is 11.8. The van der Waals surface area contributed by atoms with Crippen LogP contribution in [0.2, 0.25) is 0 Å². The Morgan fingerprint density at radius 2 is 1.52 bits per heavy atom. The highest BCUT2D eigenvalue weighted by atomic mass is 32.1. The zero-order valence-corrected chi connectivity index (χ0v) is 18.0. The Morgan fingerprint density at radius 1 is 0.871 bits per heavy atom. The van der Waals surface area contributed by atoms with Crippen LogP contribution in [-0.2, 0) is 12.8 Å². The van der Waals surface area contributed by atoms with Crippen molar-refractivity contribution < 1.29 is 4.79 Å². The summed E-state index contributed by atoms with van der Waals surface area (Å²) in [5.41, 5.74) is 11.4. The molecule has 2 N–H and O–H groups in total. The third kappa shape index (κ3) is 2.87. The van der Waals surface area contributed by atoms with Gasteiger partial charge in [-0.15, -0.1) is 11.3 Å². The molecule has 5 aromatic rings. The summed E-state index contributed by atoms with van der Waals surface area (Å²) < 4.78 is 1.81. The van der Waals surface area contributed by atoms with Crippen LogP contribution in [0.1, 0.15) is 46.6 Å². The number of anilines is 1. The van der Waals surface area contributed by atoms with E-state index in [0.29, 0.717) is 10.6 Å². The van der Waals surface area contributed by atoms with Gasteiger partial charge in [0.2, 0.25) is 0 Å². The number of hydrogen-bond acceptors (Lipinski definition) is 4. The van der Waals surface area contributed by atoms with Gasteiger partial charge in [-0.2, -0.15) is 0 Å². The number of nitrogens with zero attached hydrogens (tertiary/aromatic N) is 2. The van der Waals surface area contributed by atoms with Crippen LogP contribution in [-0.4, -0.2) is 15.5 Å². The fourth-order valence-electron chi connectivity index (χ4n) is 4.91. The standard InChI is InChI=1S/C26H23N3OS/c27-23-19-15-16-9-3-1-2-4-12-20(16)28-25(19)31-24(23)26(30)29-21-13-7-5-10-17(21)18-11-6-8-14-22(18)29/h5-8,10-11,13-15H,1-4,9,12,27H2. The van der Waals surface area contributed by atoms with Gasteiger partial charge < -0.3 is 5.73 Å². The lowest BCUT2D eigenvalue weighted by Crippen LogP contribution is -2.11. The minimum atomic E-state index is -0.0784. The van der Waals surface area contributed by atoms with Gasteiger partial charge >= 0.3 is 0 Å². The molecule has 0 saturated heterocycles. The fraction of sp³-hybridized carbons (Fsp3) is 0.231. The maximum atomic E-state index is 13.8. The minimum Gasteiger partial charge on any atom is -0.397 e. The first-order valence-electron chi connectivity index (χ1n) is 11.0. The van der Waals surface area contributed by atoms with Crippen molar-refractivity contribution in [3.63, 3.8) is 0 Å². The van der Waals surface area contributed by atoms with Crippen LogP contribution in [0.15, 0.2) is 54.6 Å². The second-order valence-corrected chi connectivity index (χ2v) is 9.38. The van der Waals surface area contributed by atoms with Gasteiger partial charge in [0.1, 0.15) is 9.71 Å². The van der Waals surface area contributed by atoms with Crippen LogP contribution in [0, 0.1) is 0 Å². The molecule has 0 saturated carbocycles. The molecule has 154 valence electrons. The smallest absolute Gasteiger partial charge is 0.275 e. The van der Waals surface area contributed by atoms with Crippen LogP contribution < -0.4 is 5.73 Å². The summed E-state index contributed by atoms with van der Waals surface area (Å²) in [7, 11) is 0.